The van der Waals surface area contributed by atoms with Crippen LogP contribution in [0.1, 0.15) is 16.7 Å². The van der Waals surface area contributed by atoms with Crippen molar-refractivity contribution in [2.45, 2.75) is 6.42 Å². The predicted molar refractivity (Wildman–Crippen MR) is 117 cm³/mol. The van der Waals surface area contributed by atoms with Crippen LogP contribution in [-0.4, -0.2) is 13.7 Å². The molecule has 0 aliphatic rings. The van der Waals surface area contributed by atoms with E-state index in [2.05, 4.69) is 11.8 Å². The second-order valence-corrected chi connectivity index (χ2v) is 7.21. The molecule has 4 aromatic carbocycles. The zero-order chi connectivity index (χ0) is 21.8. The normalized spacial score (nSPS) is 10.7. The van der Waals surface area contributed by atoms with E-state index >= 15 is 0 Å². The molecule has 154 valence electrons. The van der Waals surface area contributed by atoms with E-state index in [1.807, 2.05) is 30.3 Å². The number of fused-ring (bicyclic) bond motifs is 1. The highest BCUT2D eigenvalue weighted by atomic mass is 19.2. The maximum Gasteiger partial charge on any atom is 0.159 e. The minimum absolute atomic E-state index is 0.269. The number of methoxy groups -OCH3 is 1. The van der Waals surface area contributed by atoms with Gasteiger partial charge in [-0.2, -0.15) is 0 Å². The number of hydrogen-bond acceptors (Lipinski definition) is 1. The van der Waals surface area contributed by atoms with Gasteiger partial charge in [0.2, 0.25) is 0 Å². The van der Waals surface area contributed by atoms with E-state index in [4.69, 9.17) is 4.74 Å². The summed E-state index contributed by atoms with van der Waals surface area (Å²) >= 11 is 0. The van der Waals surface area contributed by atoms with Gasteiger partial charge in [0, 0.05) is 12.7 Å². The van der Waals surface area contributed by atoms with Gasteiger partial charge in [-0.15, -0.1) is 0 Å². The van der Waals surface area contributed by atoms with Crippen molar-refractivity contribution >= 4 is 10.8 Å². The molecule has 0 heterocycles. The average molecular weight is 416 g/mol. The Morgan fingerprint density at radius 2 is 1.39 bits per heavy atom. The second-order valence-electron chi connectivity index (χ2n) is 7.21. The lowest BCUT2D eigenvalue weighted by molar-refractivity contribution is 0.202. The first kappa shape index (κ1) is 20.7. The average Bonchev–Trinajstić information content (AvgIpc) is 2.78. The molecule has 0 unspecified atom stereocenters. The van der Waals surface area contributed by atoms with Crippen molar-refractivity contribution in [1.29, 1.82) is 0 Å². The zero-order valence-electron chi connectivity index (χ0n) is 16.9. The van der Waals surface area contributed by atoms with Gasteiger partial charge in [0.15, 0.2) is 11.6 Å². The number of ether oxygens (including phenoxy) is 1. The molecule has 0 fully saturated rings. The molecule has 4 heteroatoms. The standard InChI is InChI=1S/C27H19F3O/c1-31-13-12-18-2-6-20(7-3-18)22-11-10-21(25(28)15-22)8-4-19-5-9-23-16-26(29)27(30)17-24(23)14-19/h2-3,5-7,9-11,14-17H,12-13H2,1H3. The molecule has 0 amide bonds. The predicted octanol–water partition coefficient (Wildman–Crippen LogP) is 6.51. The summed E-state index contributed by atoms with van der Waals surface area (Å²) in [5.74, 6) is 3.50. The van der Waals surface area contributed by atoms with Crippen molar-refractivity contribution < 1.29 is 17.9 Å². The van der Waals surface area contributed by atoms with E-state index in [1.54, 1.807) is 31.4 Å². The van der Waals surface area contributed by atoms with Gasteiger partial charge in [0.25, 0.3) is 0 Å². The van der Waals surface area contributed by atoms with Crippen molar-refractivity contribution in [2.75, 3.05) is 13.7 Å². The summed E-state index contributed by atoms with van der Waals surface area (Å²) in [5, 5.41) is 1.11. The van der Waals surface area contributed by atoms with Gasteiger partial charge < -0.3 is 4.74 Å². The van der Waals surface area contributed by atoms with Crippen LogP contribution >= 0.6 is 0 Å². The number of rotatable bonds is 4. The topological polar surface area (TPSA) is 9.23 Å². The van der Waals surface area contributed by atoms with Gasteiger partial charge in [-0.05, 0) is 70.3 Å². The van der Waals surface area contributed by atoms with Crippen LogP contribution in [0.15, 0.2) is 72.8 Å². The maximum atomic E-state index is 14.6. The van der Waals surface area contributed by atoms with Crippen LogP contribution in [0.4, 0.5) is 13.2 Å². The molecule has 0 radical (unpaired) electrons. The fourth-order valence-corrected chi connectivity index (χ4v) is 3.34. The van der Waals surface area contributed by atoms with Crippen LogP contribution in [0.3, 0.4) is 0 Å². The molecular formula is C27H19F3O. The molecule has 31 heavy (non-hydrogen) atoms. The third-order valence-electron chi connectivity index (χ3n) is 5.07. The molecule has 0 aromatic heterocycles. The highest BCUT2D eigenvalue weighted by molar-refractivity contribution is 5.84. The summed E-state index contributed by atoms with van der Waals surface area (Å²) in [6.07, 6.45) is 0.829. The van der Waals surface area contributed by atoms with Crippen LogP contribution in [0, 0.1) is 29.3 Å². The van der Waals surface area contributed by atoms with Crippen LogP contribution in [0.25, 0.3) is 21.9 Å². The van der Waals surface area contributed by atoms with Crippen molar-refractivity contribution in [1.82, 2.24) is 0 Å². The first-order valence-corrected chi connectivity index (χ1v) is 9.82. The Kier molecular flexibility index (Phi) is 6.06. The Morgan fingerprint density at radius 1 is 0.677 bits per heavy atom. The van der Waals surface area contributed by atoms with Gasteiger partial charge in [0.05, 0.1) is 12.2 Å². The molecule has 0 bridgehead atoms. The third kappa shape index (κ3) is 4.79. The summed E-state index contributed by atoms with van der Waals surface area (Å²) in [5.41, 5.74) is 3.71. The van der Waals surface area contributed by atoms with E-state index in [1.165, 1.54) is 6.07 Å². The van der Waals surface area contributed by atoms with E-state index in [-0.39, 0.29) is 5.56 Å². The van der Waals surface area contributed by atoms with E-state index in [0.717, 1.165) is 35.2 Å². The van der Waals surface area contributed by atoms with E-state index in [9.17, 15) is 13.2 Å². The van der Waals surface area contributed by atoms with Crippen molar-refractivity contribution in [3.05, 3.63) is 107 Å². The maximum absolute atomic E-state index is 14.6. The van der Waals surface area contributed by atoms with Gasteiger partial charge >= 0.3 is 0 Å². The number of halogens is 3. The molecule has 0 N–H and O–H groups in total. The molecule has 0 atom stereocenters. The molecule has 0 saturated carbocycles. The molecule has 0 spiro atoms. The third-order valence-corrected chi connectivity index (χ3v) is 5.07. The number of benzene rings is 4. The minimum Gasteiger partial charge on any atom is -0.384 e. The molecule has 0 aliphatic carbocycles. The lowest BCUT2D eigenvalue weighted by Crippen LogP contribution is -1.94. The van der Waals surface area contributed by atoms with Gasteiger partial charge in [-0.3, -0.25) is 0 Å². The SMILES string of the molecule is COCCc1ccc(-c2ccc(C#Cc3ccc4cc(F)c(F)cc4c3)c(F)c2)cc1. The molecule has 0 saturated heterocycles. The minimum atomic E-state index is -0.911. The van der Waals surface area contributed by atoms with Crippen LogP contribution < -0.4 is 0 Å². The quantitative estimate of drug-likeness (QED) is 0.345. The smallest absolute Gasteiger partial charge is 0.159 e. The first-order valence-electron chi connectivity index (χ1n) is 9.82. The summed E-state index contributed by atoms with van der Waals surface area (Å²) < 4.78 is 46.5. The van der Waals surface area contributed by atoms with Gasteiger partial charge in [0.1, 0.15) is 5.82 Å². The Morgan fingerprint density at radius 3 is 2.10 bits per heavy atom. The molecular weight excluding hydrogens is 397 g/mol. The molecule has 4 aromatic rings. The molecule has 1 nitrogen and oxygen atoms in total. The summed E-state index contributed by atoms with van der Waals surface area (Å²) in [6, 6.07) is 20.2. The van der Waals surface area contributed by atoms with E-state index < -0.39 is 17.5 Å². The molecule has 4 rings (SSSR count). The highest BCUT2D eigenvalue weighted by Gasteiger charge is 2.06. The number of hydrogen-bond donors (Lipinski definition) is 0. The fourth-order valence-electron chi connectivity index (χ4n) is 3.34. The lowest BCUT2D eigenvalue weighted by atomic mass is 10.0. The Hall–Kier alpha value is -3.55. The second kappa shape index (κ2) is 9.07. The highest BCUT2D eigenvalue weighted by Crippen LogP contribution is 2.23. The Balaban J connectivity index is 1.56. The van der Waals surface area contributed by atoms with Crippen molar-refractivity contribution in [2.24, 2.45) is 0 Å². The first-order chi connectivity index (χ1) is 15.0. The van der Waals surface area contributed by atoms with Crippen LogP contribution in [0.2, 0.25) is 0 Å². The van der Waals surface area contributed by atoms with E-state index in [0.29, 0.717) is 22.9 Å². The van der Waals surface area contributed by atoms with Crippen molar-refractivity contribution in [3.63, 3.8) is 0 Å². The van der Waals surface area contributed by atoms with Gasteiger partial charge in [-0.25, -0.2) is 13.2 Å². The lowest BCUT2D eigenvalue weighted by Gasteiger charge is -2.05. The van der Waals surface area contributed by atoms with Crippen LogP contribution in [-0.2, 0) is 11.2 Å². The van der Waals surface area contributed by atoms with Crippen molar-refractivity contribution in [3.8, 4) is 23.0 Å². The summed E-state index contributed by atoms with van der Waals surface area (Å²) in [6.45, 7) is 0.657. The van der Waals surface area contributed by atoms with Gasteiger partial charge in [-0.1, -0.05) is 48.2 Å². The summed E-state index contributed by atoms with van der Waals surface area (Å²) in [4.78, 5) is 0. The Labute approximate surface area is 179 Å². The largest absolute Gasteiger partial charge is 0.384 e. The van der Waals surface area contributed by atoms with Crippen LogP contribution in [0.5, 0.6) is 0 Å². The molecule has 0 aliphatic heterocycles. The zero-order valence-corrected chi connectivity index (χ0v) is 16.9. The fraction of sp³-hybridized carbons (Fsp3) is 0.111. The monoisotopic (exact) mass is 416 g/mol. The summed E-state index contributed by atoms with van der Waals surface area (Å²) in [7, 11) is 1.67. The Bertz CT molecular complexity index is 1300.